The number of methoxy groups -OCH3 is 1. The lowest BCUT2D eigenvalue weighted by molar-refractivity contribution is -0.151. The highest BCUT2D eigenvalue weighted by Gasteiger charge is 2.41. The van der Waals surface area contributed by atoms with Crippen LogP contribution >= 0.6 is 0 Å². The topological polar surface area (TPSA) is 78.9 Å². The molecule has 2 N–H and O–H groups in total. The van der Waals surface area contributed by atoms with Crippen LogP contribution in [0.3, 0.4) is 0 Å². The number of carboxylic acids is 1. The second kappa shape index (κ2) is 7.47. The van der Waals surface area contributed by atoms with Crippen LogP contribution in [0.5, 0.6) is 0 Å². The maximum Gasteiger partial charge on any atom is 0.317 e. The van der Waals surface area contributed by atoms with Gasteiger partial charge in [-0.1, -0.05) is 6.92 Å². The molecule has 0 aromatic carbocycles. The number of nitrogens with zero attached hydrogens (tertiary/aromatic N) is 1. The molecule has 0 spiro atoms. The Labute approximate surface area is 120 Å². The van der Waals surface area contributed by atoms with Crippen LogP contribution < -0.4 is 5.32 Å². The van der Waals surface area contributed by atoms with Crippen molar-refractivity contribution in [2.45, 2.75) is 32.6 Å². The van der Waals surface area contributed by atoms with E-state index in [0.717, 1.165) is 12.8 Å². The number of ether oxygens (including phenoxy) is 1. The highest BCUT2D eigenvalue weighted by molar-refractivity contribution is 5.78. The summed E-state index contributed by atoms with van der Waals surface area (Å²) in [4.78, 5) is 24.9. The number of nitrogens with one attached hydrogen (secondary N) is 1. The third kappa shape index (κ3) is 4.37. The third-order valence-corrected chi connectivity index (χ3v) is 4.24. The van der Waals surface area contributed by atoms with Crippen molar-refractivity contribution in [2.75, 3.05) is 33.9 Å². The summed E-state index contributed by atoms with van der Waals surface area (Å²) < 4.78 is 4.91. The molecular formula is C14H26N2O4. The number of urea groups is 1. The van der Waals surface area contributed by atoms with Gasteiger partial charge in [0.2, 0.25) is 0 Å². The van der Waals surface area contributed by atoms with E-state index in [9.17, 15) is 14.7 Å². The van der Waals surface area contributed by atoms with E-state index < -0.39 is 11.4 Å². The minimum atomic E-state index is -0.802. The van der Waals surface area contributed by atoms with Gasteiger partial charge in [0.1, 0.15) is 0 Å². The van der Waals surface area contributed by atoms with Crippen LogP contribution in [-0.2, 0) is 9.53 Å². The number of carbonyl (C=O) groups is 2. The van der Waals surface area contributed by atoms with Crippen molar-refractivity contribution in [3.63, 3.8) is 0 Å². The van der Waals surface area contributed by atoms with Crippen LogP contribution in [0, 0.1) is 11.3 Å². The first-order chi connectivity index (χ1) is 9.41. The number of carbonyl (C=O) groups excluding carboxylic acids is 1. The molecule has 0 radical (unpaired) electrons. The molecule has 0 saturated heterocycles. The molecule has 1 aliphatic carbocycles. The predicted molar refractivity (Wildman–Crippen MR) is 75.6 cm³/mol. The van der Waals surface area contributed by atoms with Crippen LogP contribution in [-0.4, -0.2) is 55.9 Å². The fourth-order valence-corrected chi connectivity index (χ4v) is 2.49. The Bertz CT molecular complexity index is 338. The maximum atomic E-state index is 11.9. The fraction of sp³-hybridized carbons (Fsp3) is 0.857. The van der Waals surface area contributed by atoms with Crippen molar-refractivity contribution >= 4 is 12.0 Å². The van der Waals surface area contributed by atoms with E-state index in [1.165, 1.54) is 4.90 Å². The average Bonchev–Trinajstić information content (AvgIpc) is 2.43. The Balaban J connectivity index is 2.51. The zero-order chi connectivity index (χ0) is 15.2. The lowest BCUT2D eigenvalue weighted by Crippen LogP contribution is -2.48. The predicted octanol–water partition coefficient (Wildman–Crippen LogP) is 1.56. The molecule has 1 rings (SSSR count). The number of aliphatic carboxylic acids is 1. The number of amides is 2. The minimum absolute atomic E-state index is 0.200. The summed E-state index contributed by atoms with van der Waals surface area (Å²) in [5.41, 5.74) is -0.801. The van der Waals surface area contributed by atoms with Gasteiger partial charge in [-0.3, -0.25) is 4.79 Å². The summed E-state index contributed by atoms with van der Waals surface area (Å²) in [6.07, 6.45) is 3.07. The number of hydrogen-bond acceptors (Lipinski definition) is 3. The first-order valence-corrected chi connectivity index (χ1v) is 7.12. The standard InChI is InChI=1S/C14H26N2O4/c1-11-4-6-14(7-5-11,12(17)18)10-15-13(19)16(2)8-9-20-3/h11H,4-10H2,1-3H3,(H,15,19)(H,17,18). The molecule has 0 unspecified atom stereocenters. The van der Waals surface area contributed by atoms with Gasteiger partial charge in [-0.05, 0) is 31.6 Å². The molecule has 2 amide bonds. The summed E-state index contributed by atoms with van der Waals surface area (Å²) in [5.74, 6) is -0.230. The van der Waals surface area contributed by atoms with E-state index in [-0.39, 0.29) is 12.6 Å². The van der Waals surface area contributed by atoms with Crippen molar-refractivity contribution in [3.8, 4) is 0 Å². The number of hydrogen-bond donors (Lipinski definition) is 2. The maximum absolute atomic E-state index is 11.9. The van der Waals surface area contributed by atoms with Crippen molar-refractivity contribution < 1.29 is 19.4 Å². The first kappa shape index (κ1) is 16.8. The molecule has 116 valence electrons. The number of carboxylic acid groups (broad SMARTS) is 1. The molecule has 6 nitrogen and oxygen atoms in total. The second-order valence-electron chi connectivity index (χ2n) is 5.84. The molecule has 0 aromatic rings. The van der Waals surface area contributed by atoms with E-state index in [2.05, 4.69) is 12.2 Å². The quantitative estimate of drug-likeness (QED) is 0.776. The first-order valence-electron chi connectivity index (χ1n) is 7.12. The Kier molecular flexibility index (Phi) is 6.26. The molecule has 0 atom stereocenters. The van der Waals surface area contributed by atoms with Gasteiger partial charge in [0.05, 0.1) is 12.0 Å². The van der Waals surface area contributed by atoms with Crippen LogP contribution in [0.4, 0.5) is 4.79 Å². The zero-order valence-electron chi connectivity index (χ0n) is 12.6. The molecule has 20 heavy (non-hydrogen) atoms. The third-order valence-electron chi connectivity index (χ3n) is 4.24. The van der Waals surface area contributed by atoms with Gasteiger partial charge in [0.25, 0.3) is 0 Å². The van der Waals surface area contributed by atoms with E-state index in [4.69, 9.17) is 4.74 Å². The fourth-order valence-electron chi connectivity index (χ4n) is 2.49. The van der Waals surface area contributed by atoms with Gasteiger partial charge in [-0.15, -0.1) is 0 Å². The van der Waals surface area contributed by atoms with Gasteiger partial charge >= 0.3 is 12.0 Å². The Morgan fingerprint density at radius 1 is 1.40 bits per heavy atom. The molecule has 0 aliphatic heterocycles. The highest BCUT2D eigenvalue weighted by atomic mass is 16.5. The molecule has 1 fully saturated rings. The normalized spacial score (nSPS) is 26.1. The number of likely N-dealkylation sites (N-methyl/N-ethyl adjacent to an activating group) is 1. The Morgan fingerprint density at radius 3 is 2.50 bits per heavy atom. The van der Waals surface area contributed by atoms with E-state index >= 15 is 0 Å². The summed E-state index contributed by atoms with van der Waals surface area (Å²) in [7, 11) is 3.25. The summed E-state index contributed by atoms with van der Waals surface area (Å²) in [6.45, 7) is 3.29. The van der Waals surface area contributed by atoms with E-state index in [0.29, 0.717) is 31.9 Å². The number of rotatable bonds is 6. The van der Waals surface area contributed by atoms with E-state index in [1.54, 1.807) is 14.2 Å². The second-order valence-corrected chi connectivity index (χ2v) is 5.84. The monoisotopic (exact) mass is 286 g/mol. The van der Waals surface area contributed by atoms with Crippen molar-refractivity contribution in [3.05, 3.63) is 0 Å². The average molecular weight is 286 g/mol. The lowest BCUT2D eigenvalue weighted by Gasteiger charge is -2.36. The van der Waals surface area contributed by atoms with Gasteiger partial charge in [0.15, 0.2) is 0 Å². The molecule has 0 aromatic heterocycles. The van der Waals surface area contributed by atoms with Crippen molar-refractivity contribution in [2.24, 2.45) is 11.3 Å². The van der Waals surface area contributed by atoms with Gasteiger partial charge in [-0.25, -0.2) is 4.79 Å². The highest BCUT2D eigenvalue weighted by Crippen LogP contribution is 2.38. The van der Waals surface area contributed by atoms with Gasteiger partial charge in [0, 0.05) is 27.2 Å². The van der Waals surface area contributed by atoms with Gasteiger partial charge in [-0.2, -0.15) is 0 Å². The SMILES string of the molecule is COCCN(C)C(=O)NCC1(C(=O)O)CCC(C)CC1. The Hall–Kier alpha value is -1.30. The summed E-state index contributed by atoms with van der Waals surface area (Å²) in [5, 5.41) is 12.2. The Morgan fingerprint density at radius 2 is 2.00 bits per heavy atom. The molecule has 6 heteroatoms. The van der Waals surface area contributed by atoms with Crippen molar-refractivity contribution in [1.29, 1.82) is 0 Å². The smallest absolute Gasteiger partial charge is 0.317 e. The van der Waals surface area contributed by atoms with Gasteiger partial charge < -0.3 is 20.1 Å². The van der Waals surface area contributed by atoms with Crippen LogP contribution in [0.25, 0.3) is 0 Å². The molecule has 0 bridgehead atoms. The molecule has 1 aliphatic rings. The van der Waals surface area contributed by atoms with Crippen LogP contribution in [0.2, 0.25) is 0 Å². The van der Waals surface area contributed by atoms with E-state index in [1.807, 2.05) is 0 Å². The molecule has 1 saturated carbocycles. The zero-order valence-corrected chi connectivity index (χ0v) is 12.6. The lowest BCUT2D eigenvalue weighted by atomic mass is 9.71. The minimum Gasteiger partial charge on any atom is -0.481 e. The van der Waals surface area contributed by atoms with Crippen LogP contribution in [0.15, 0.2) is 0 Å². The van der Waals surface area contributed by atoms with Crippen molar-refractivity contribution in [1.82, 2.24) is 10.2 Å². The molecular weight excluding hydrogens is 260 g/mol. The summed E-state index contributed by atoms with van der Waals surface area (Å²) >= 11 is 0. The molecule has 0 heterocycles. The summed E-state index contributed by atoms with van der Waals surface area (Å²) in [6, 6.07) is -0.249. The largest absolute Gasteiger partial charge is 0.481 e. The van der Waals surface area contributed by atoms with Crippen LogP contribution in [0.1, 0.15) is 32.6 Å².